The number of fused-ring (bicyclic) bond motifs is 3. The van der Waals surface area contributed by atoms with Crippen molar-refractivity contribution in [3.8, 4) is 128 Å². The van der Waals surface area contributed by atoms with E-state index in [1.807, 2.05) is 43.0 Å². The molecule has 0 N–H and O–H groups in total. The monoisotopic (exact) mass is 1080 g/mol. The lowest BCUT2D eigenvalue weighted by atomic mass is 9.84. The van der Waals surface area contributed by atoms with E-state index in [1.54, 1.807) is 0 Å². The van der Waals surface area contributed by atoms with E-state index in [0.29, 0.717) is 0 Å². The van der Waals surface area contributed by atoms with Crippen LogP contribution in [0.1, 0.15) is 0 Å². The summed E-state index contributed by atoms with van der Waals surface area (Å²) in [5.41, 5.74) is 27.8. The van der Waals surface area contributed by atoms with E-state index in [4.69, 9.17) is 4.98 Å². The molecule has 4 heteroatoms. The maximum atomic E-state index is 5.26. The standard InChI is InChI=1S/C81H54N4/c1-3-18-55(19-4-1)56-32-38-60(39-33-56)76-51-62(79-52-77-75-29-13-14-31-80(75)85(81(77)54-84-79)67-21-5-2-6-22-67)44-45-74(76)73-28-12-11-27-72(73)66-49-64(70-25-9-7-23-68(70)58-36-34-57(35-37-58)63-20-17-46-82-53-63)48-65(50-66)71-26-10-8-24-69(71)59-40-42-61(43-41-59)78-30-15-16-47-83-78/h1-54H. The first-order chi connectivity index (χ1) is 42.1. The molecule has 0 radical (unpaired) electrons. The summed E-state index contributed by atoms with van der Waals surface area (Å²) in [7, 11) is 0. The van der Waals surface area contributed by atoms with Crippen molar-refractivity contribution in [2.75, 3.05) is 0 Å². The topological polar surface area (TPSA) is 43.6 Å². The van der Waals surface area contributed by atoms with Crippen LogP contribution in [0.25, 0.3) is 150 Å². The van der Waals surface area contributed by atoms with E-state index in [9.17, 15) is 0 Å². The smallest absolute Gasteiger partial charge is 0.0724 e. The van der Waals surface area contributed by atoms with Crippen LogP contribution in [0, 0.1) is 0 Å². The molecule has 0 saturated heterocycles. The Balaban J connectivity index is 0.905. The van der Waals surface area contributed by atoms with Gasteiger partial charge in [0.2, 0.25) is 0 Å². The average molecular weight is 1080 g/mol. The summed E-state index contributed by atoms with van der Waals surface area (Å²) in [6, 6.07) is 110. The Hall–Kier alpha value is -11.3. The van der Waals surface area contributed by atoms with E-state index in [2.05, 4.69) is 300 Å². The third-order valence-corrected chi connectivity index (χ3v) is 16.5. The summed E-state index contributed by atoms with van der Waals surface area (Å²) in [6.07, 6.45) is 7.63. The van der Waals surface area contributed by atoms with Crippen molar-refractivity contribution in [2.24, 2.45) is 0 Å². The zero-order valence-corrected chi connectivity index (χ0v) is 46.5. The van der Waals surface area contributed by atoms with Crippen LogP contribution in [-0.4, -0.2) is 19.5 Å². The molecule has 85 heavy (non-hydrogen) atoms. The molecule has 0 fully saturated rings. The van der Waals surface area contributed by atoms with Crippen LogP contribution >= 0.6 is 0 Å². The largest absolute Gasteiger partial charge is 0.308 e. The Morgan fingerprint density at radius 3 is 1.27 bits per heavy atom. The second-order valence-corrected chi connectivity index (χ2v) is 21.5. The molecule has 4 heterocycles. The van der Waals surface area contributed by atoms with Gasteiger partial charge in [-0.2, -0.15) is 0 Å². The minimum absolute atomic E-state index is 0.915. The Bertz CT molecular complexity index is 4740. The number of hydrogen-bond acceptors (Lipinski definition) is 3. The van der Waals surface area contributed by atoms with Gasteiger partial charge in [0.25, 0.3) is 0 Å². The molecule has 0 amide bonds. The molecule has 0 aliphatic rings. The first kappa shape index (κ1) is 50.6. The van der Waals surface area contributed by atoms with E-state index in [-0.39, 0.29) is 0 Å². The Morgan fingerprint density at radius 2 is 0.671 bits per heavy atom. The summed E-state index contributed by atoms with van der Waals surface area (Å²) >= 11 is 0. The van der Waals surface area contributed by atoms with Gasteiger partial charge in [-0.1, -0.05) is 237 Å². The number of hydrogen-bond donors (Lipinski definition) is 0. The Labute approximate surface area is 495 Å². The van der Waals surface area contributed by atoms with E-state index in [0.717, 1.165) is 134 Å². The van der Waals surface area contributed by atoms with Gasteiger partial charge in [-0.15, -0.1) is 0 Å². The van der Waals surface area contributed by atoms with Crippen molar-refractivity contribution < 1.29 is 0 Å². The summed E-state index contributed by atoms with van der Waals surface area (Å²) in [6.45, 7) is 0. The van der Waals surface area contributed by atoms with E-state index in [1.165, 1.54) is 16.5 Å². The molecule has 0 aliphatic carbocycles. The first-order valence-corrected chi connectivity index (χ1v) is 28.9. The third kappa shape index (κ3) is 9.78. The molecule has 11 aromatic carbocycles. The van der Waals surface area contributed by atoms with Gasteiger partial charge in [0, 0.05) is 46.2 Å². The van der Waals surface area contributed by atoms with E-state index < -0.39 is 0 Å². The number of rotatable bonds is 12. The summed E-state index contributed by atoms with van der Waals surface area (Å²) < 4.78 is 2.32. The highest BCUT2D eigenvalue weighted by Crippen LogP contribution is 2.46. The molecule has 0 bridgehead atoms. The SMILES string of the molecule is c1ccc(-c2ccc(-c3cc(-c4cc5c6ccccc6n(-c6ccccc6)c5cn4)ccc3-c3ccccc3-c3cc(-c4ccccc4-c4ccc(-c5cccnc5)cc4)cc(-c4ccccc4-c4ccc(-c5ccccn5)cc4)c3)cc2)cc1. The van der Waals surface area contributed by atoms with Gasteiger partial charge >= 0.3 is 0 Å². The molecular formula is C81H54N4. The van der Waals surface area contributed by atoms with Gasteiger partial charge < -0.3 is 4.57 Å². The van der Waals surface area contributed by atoms with Crippen LogP contribution in [-0.2, 0) is 0 Å². The second kappa shape index (κ2) is 22.2. The molecule has 0 aliphatic heterocycles. The number of para-hydroxylation sites is 2. The van der Waals surface area contributed by atoms with E-state index >= 15 is 0 Å². The zero-order valence-electron chi connectivity index (χ0n) is 46.5. The fraction of sp³-hybridized carbons (Fsp3) is 0. The van der Waals surface area contributed by atoms with Crippen LogP contribution in [0.3, 0.4) is 0 Å². The Kier molecular flexibility index (Phi) is 13.2. The zero-order chi connectivity index (χ0) is 56.5. The maximum Gasteiger partial charge on any atom is 0.0724 e. The quantitative estimate of drug-likeness (QED) is 0.122. The predicted molar refractivity (Wildman–Crippen MR) is 354 cm³/mol. The van der Waals surface area contributed by atoms with Crippen molar-refractivity contribution in [3.05, 3.63) is 328 Å². The molecule has 398 valence electrons. The van der Waals surface area contributed by atoms with Crippen molar-refractivity contribution in [1.29, 1.82) is 0 Å². The van der Waals surface area contributed by atoms with Crippen LogP contribution in [0.2, 0.25) is 0 Å². The highest BCUT2D eigenvalue weighted by atomic mass is 15.0. The third-order valence-electron chi connectivity index (χ3n) is 16.5. The second-order valence-electron chi connectivity index (χ2n) is 21.5. The summed E-state index contributed by atoms with van der Waals surface area (Å²) in [4.78, 5) is 14.3. The van der Waals surface area contributed by atoms with Crippen molar-refractivity contribution in [1.82, 2.24) is 19.5 Å². The van der Waals surface area contributed by atoms with Crippen LogP contribution in [0.5, 0.6) is 0 Å². The van der Waals surface area contributed by atoms with Gasteiger partial charge in [-0.3, -0.25) is 15.0 Å². The summed E-state index contributed by atoms with van der Waals surface area (Å²) in [5, 5.41) is 2.35. The lowest BCUT2D eigenvalue weighted by Gasteiger charge is -2.19. The predicted octanol–water partition coefficient (Wildman–Crippen LogP) is 21.3. The molecule has 15 rings (SSSR count). The maximum absolute atomic E-state index is 5.26. The molecule has 15 aromatic rings. The fourth-order valence-corrected chi connectivity index (χ4v) is 12.3. The molecule has 0 saturated carbocycles. The van der Waals surface area contributed by atoms with Gasteiger partial charge in [0.15, 0.2) is 0 Å². The minimum atomic E-state index is 0.915. The van der Waals surface area contributed by atoms with Crippen LogP contribution in [0.15, 0.2) is 328 Å². The summed E-state index contributed by atoms with van der Waals surface area (Å²) in [5.74, 6) is 0. The number of nitrogens with zero attached hydrogens (tertiary/aromatic N) is 4. The van der Waals surface area contributed by atoms with Crippen molar-refractivity contribution in [3.63, 3.8) is 0 Å². The lowest BCUT2D eigenvalue weighted by Crippen LogP contribution is -1.95. The number of pyridine rings is 3. The first-order valence-electron chi connectivity index (χ1n) is 28.9. The van der Waals surface area contributed by atoms with Crippen LogP contribution in [0.4, 0.5) is 0 Å². The minimum Gasteiger partial charge on any atom is -0.308 e. The Morgan fingerprint density at radius 1 is 0.212 bits per heavy atom. The van der Waals surface area contributed by atoms with Crippen LogP contribution < -0.4 is 0 Å². The van der Waals surface area contributed by atoms with Gasteiger partial charge in [-0.25, -0.2) is 0 Å². The molecular weight excluding hydrogens is 1030 g/mol. The molecule has 0 spiro atoms. The van der Waals surface area contributed by atoms with Crippen molar-refractivity contribution >= 4 is 21.8 Å². The molecule has 4 nitrogen and oxygen atoms in total. The van der Waals surface area contributed by atoms with Gasteiger partial charge in [0.05, 0.1) is 28.6 Å². The number of benzene rings is 11. The highest BCUT2D eigenvalue weighted by Gasteiger charge is 2.20. The molecule has 4 aromatic heterocycles. The van der Waals surface area contributed by atoms with Gasteiger partial charge in [0.1, 0.15) is 0 Å². The average Bonchev–Trinajstić information content (AvgIpc) is 3.34. The van der Waals surface area contributed by atoms with Gasteiger partial charge in [-0.05, 0) is 167 Å². The number of aromatic nitrogens is 4. The van der Waals surface area contributed by atoms with Crippen molar-refractivity contribution in [2.45, 2.75) is 0 Å². The molecule has 0 unspecified atom stereocenters. The highest BCUT2D eigenvalue weighted by molar-refractivity contribution is 6.10. The molecule has 0 atom stereocenters. The normalized spacial score (nSPS) is 11.3. The lowest BCUT2D eigenvalue weighted by molar-refractivity contribution is 1.17. The fourth-order valence-electron chi connectivity index (χ4n) is 12.3.